The van der Waals surface area contributed by atoms with Crippen LogP contribution in [-0.4, -0.2) is 36.6 Å². The molecule has 0 bridgehead atoms. The molecule has 2 atom stereocenters. The highest BCUT2D eigenvalue weighted by molar-refractivity contribution is 7.10. The Morgan fingerprint density at radius 3 is 2.84 bits per heavy atom. The summed E-state index contributed by atoms with van der Waals surface area (Å²) in [5.74, 6) is 0. The molecule has 0 aliphatic carbocycles. The molecule has 0 radical (unpaired) electrons. The highest BCUT2D eigenvalue weighted by Crippen LogP contribution is 2.30. The first-order valence-electron chi connectivity index (χ1n) is 7.54. The predicted molar refractivity (Wildman–Crippen MR) is 85.1 cm³/mol. The molecule has 3 heteroatoms. The lowest BCUT2D eigenvalue weighted by Crippen LogP contribution is -2.50. The number of hydrogen-bond donors (Lipinski definition) is 1. The van der Waals surface area contributed by atoms with Crippen molar-refractivity contribution in [1.29, 1.82) is 0 Å². The van der Waals surface area contributed by atoms with Crippen LogP contribution in [0, 0.1) is 0 Å². The first-order chi connectivity index (χ1) is 9.03. The Morgan fingerprint density at radius 2 is 2.26 bits per heavy atom. The molecule has 0 saturated carbocycles. The van der Waals surface area contributed by atoms with E-state index in [2.05, 4.69) is 55.4 Å². The fourth-order valence-corrected chi connectivity index (χ4v) is 4.02. The van der Waals surface area contributed by atoms with Crippen LogP contribution in [0.4, 0.5) is 0 Å². The molecular formula is C16H28N2S. The number of hydrogen-bond acceptors (Lipinski definition) is 3. The van der Waals surface area contributed by atoms with Crippen molar-refractivity contribution in [3.8, 4) is 0 Å². The van der Waals surface area contributed by atoms with Gasteiger partial charge < -0.3 is 5.32 Å². The maximum Gasteiger partial charge on any atom is 0.0118 e. The summed E-state index contributed by atoms with van der Waals surface area (Å²) in [6, 6.07) is 5.86. The normalized spacial score (nSPS) is 25.7. The van der Waals surface area contributed by atoms with E-state index in [1.807, 2.05) is 11.3 Å². The summed E-state index contributed by atoms with van der Waals surface area (Å²) in [5, 5.41) is 5.79. The molecular weight excluding hydrogens is 252 g/mol. The van der Waals surface area contributed by atoms with Crippen molar-refractivity contribution in [3.63, 3.8) is 0 Å². The minimum atomic E-state index is 0.271. The first kappa shape index (κ1) is 15.0. The zero-order valence-electron chi connectivity index (χ0n) is 12.8. The molecule has 1 N–H and O–H groups in total. The predicted octanol–water partition coefficient (Wildman–Crippen LogP) is 3.49. The van der Waals surface area contributed by atoms with E-state index in [0.717, 1.165) is 12.6 Å². The van der Waals surface area contributed by atoms with E-state index in [-0.39, 0.29) is 5.41 Å². The van der Waals surface area contributed by atoms with Crippen LogP contribution in [0.1, 0.15) is 45.4 Å². The van der Waals surface area contributed by atoms with Crippen LogP contribution in [0.3, 0.4) is 0 Å². The summed E-state index contributed by atoms with van der Waals surface area (Å²) in [7, 11) is 0. The molecule has 1 aliphatic rings. The average Bonchev–Trinajstić information content (AvgIpc) is 2.87. The topological polar surface area (TPSA) is 15.3 Å². The molecule has 19 heavy (non-hydrogen) atoms. The third-order valence-corrected chi connectivity index (χ3v) is 5.53. The number of thiophene rings is 1. The summed E-state index contributed by atoms with van der Waals surface area (Å²) < 4.78 is 0. The minimum Gasteiger partial charge on any atom is -0.314 e. The van der Waals surface area contributed by atoms with Crippen molar-refractivity contribution in [3.05, 3.63) is 22.4 Å². The minimum absolute atomic E-state index is 0.271. The molecule has 2 heterocycles. The number of likely N-dealkylation sites (tertiary alicyclic amines) is 1. The fraction of sp³-hybridized carbons (Fsp3) is 0.750. The molecule has 2 nitrogen and oxygen atoms in total. The van der Waals surface area contributed by atoms with E-state index >= 15 is 0 Å². The van der Waals surface area contributed by atoms with Gasteiger partial charge in [-0.05, 0) is 44.3 Å². The standard InChI is InChI=1S/C16H28N2S/c1-5-17-14-8-9-18(13(2)11-14)12-16(3,4)15-7-6-10-19-15/h6-7,10,13-14,17H,5,8-9,11-12H2,1-4H3. The molecule has 0 spiro atoms. The monoisotopic (exact) mass is 280 g/mol. The molecule has 0 aromatic carbocycles. The van der Waals surface area contributed by atoms with E-state index < -0.39 is 0 Å². The van der Waals surface area contributed by atoms with Gasteiger partial charge >= 0.3 is 0 Å². The maximum atomic E-state index is 3.60. The Morgan fingerprint density at radius 1 is 1.47 bits per heavy atom. The van der Waals surface area contributed by atoms with Crippen molar-refractivity contribution in [2.24, 2.45) is 0 Å². The smallest absolute Gasteiger partial charge is 0.0118 e. The highest BCUT2D eigenvalue weighted by atomic mass is 32.1. The molecule has 2 unspecified atom stereocenters. The van der Waals surface area contributed by atoms with Gasteiger partial charge in [0.05, 0.1) is 0 Å². The maximum absolute atomic E-state index is 3.60. The van der Waals surface area contributed by atoms with Gasteiger partial charge in [0.2, 0.25) is 0 Å². The van der Waals surface area contributed by atoms with Crippen molar-refractivity contribution in [2.75, 3.05) is 19.6 Å². The quantitative estimate of drug-likeness (QED) is 0.888. The third kappa shape index (κ3) is 3.80. The van der Waals surface area contributed by atoms with Gasteiger partial charge in [0.15, 0.2) is 0 Å². The van der Waals surface area contributed by atoms with E-state index in [9.17, 15) is 0 Å². The Bertz CT molecular complexity index is 372. The SMILES string of the molecule is CCNC1CCN(CC(C)(C)c2cccs2)C(C)C1. The van der Waals surface area contributed by atoms with Gasteiger partial charge in [-0.1, -0.05) is 26.8 Å². The zero-order valence-corrected chi connectivity index (χ0v) is 13.6. The number of nitrogens with zero attached hydrogens (tertiary/aromatic N) is 1. The lowest BCUT2D eigenvalue weighted by Gasteiger charge is -2.41. The van der Waals surface area contributed by atoms with Crippen LogP contribution in [0.15, 0.2) is 17.5 Å². The molecule has 0 amide bonds. The summed E-state index contributed by atoms with van der Waals surface area (Å²) >= 11 is 1.89. The van der Waals surface area contributed by atoms with Crippen molar-refractivity contribution >= 4 is 11.3 Å². The second-order valence-electron chi connectivity index (χ2n) is 6.46. The summed E-state index contributed by atoms with van der Waals surface area (Å²) in [5.41, 5.74) is 0.271. The summed E-state index contributed by atoms with van der Waals surface area (Å²) in [6.45, 7) is 12.8. The third-order valence-electron chi connectivity index (χ3n) is 4.29. The Balaban J connectivity index is 1.93. The van der Waals surface area contributed by atoms with Crippen LogP contribution in [-0.2, 0) is 5.41 Å². The Labute approximate surface area is 122 Å². The number of rotatable bonds is 5. The van der Waals surface area contributed by atoms with E-state index in [4.69, 9.17) is 0 Å². The van der Waals surface area contributed by atoms with Crippen molar-refractivity contribution in [1.82, 2.24) is 10.2 Å². The van der Waals surface area contributed by atoms with Crippen molar-refractivity contribution < 1.29 is 0 Å². The molecule has 108 valence electrons. The fourth-order valence-electron chi connectivity index (χ4n) is 3.18. The molecule has 1 aromatic rings. The van der Waals surface area contributed by atoms with E-state index in [1.165, 1.54) is 30.8 Å². The van der Waals surface area contributed by atoms with E-state index in [0.29, 0.717) is 6.04 Å². The van der Waals surface area contributed by atoms with Crippen LogP contribution in [0.25, 0.3) is 0 Å². The first-order valence-corrected chi connectivity index (χ1v) is 8.42. The lowest BCUT2D eigenvalue weighted by molar-refractivity contribution is 0.114. The van der Waals surface area contributed by atoms with Gasteiger partial charge in [0.1, 0.15) is 0 Å². The lowest BCUT2D eigenvalue weighted by atomic mass is 9.88. The van der Waals surface area contributed by atoms with Crippen LogP contribution in [0.5, 0.6) is 0 Å². The van der Waals surface area contributed by atoms with Gasteiger partial charge in [-0.15, -0.1) is 11.3 Å². The van der Waals surface area contributed by atoms with Gasteiger partial charge in [0, 0.05) is 28.9 Å². The van der Waals surface area contributed by atoms with Gasteiger partial charge in [-0.3, -0.25) is 4.90 Å². The molecule has 1 aromatic heterocycles. The summed E-state index contributed by atoms with van der Waals surface area (Å²) in [4.78, 5) is 4.18. The van der Waals surface area contributed by atoms with Crippen LogP contribution < -0.4 is 5.32 Å². The van der Waals surface area contributed by atoms with Crippen LogP contribution >= 0.6 is 11.3 Å². The average molecular weight is 280 g/mol. The van der Waals surface area contributed by atoms with Gasteiger partial charge in [-0.25, -0.2) is 0 Å². The highest BCUT2D eigenvalue weighted by Gasteiger charge is 2.31. The van der Waals surface area contributed by atoms with Gasteiger partial charge in [-0.2, -0.15) is 0 Å². The number of nitrogens with one attached hydrogen (secondary N) is 1. The second-order valence-corrected chi connectivity index (χ2v) is 7.41. The molecule has 1 aliphatic heterocycles. The second kappa shape index (κ2) is 6.38. The Kier molecular flexibility index (Phi) is 5.04. The summed E-state index contributed by atoms with van der Waals surface area (Å²) in [6.07, 6.45) is 2.58. The number of piperidine rings is 1. The zero-order chi connectivity index (χ0) is 13.9. The molecule has 1 saturated heterocycles. The van der Waals surface area contributed by atoms with Crippen LogP contribution in [0.2, 0.25) is 0 Å². The van der Waals surface area contributed by atoms with E-state index in [1.54, 1.807) is 0 Å². The van der Waals surface area contributed by atoms with Gasteiger partial charge in [0.25, 0.3) is 0 Å². The molecule has 1 fully saturated rings. The Hall–Kier alpha value is -0.380. The van der Waals surface area contributed by atoms with Crippen molar-refractivity contribution in [2.45, 2.75) is 58.0 Å². The largest absolute Gasteiger partial charge is 0.314 e. The molecule has 2 rings (SSSR count).